The largest absolute Gasteiger partial charge is 0.377 e. The zero-order valence-corrected chi connectivity index (χ0v) is 9.48. The molecule has 1 N–H and O–H groups in total. The van der Waals surface area contributed by atoms with Crippen LogP contribution >= 0.6 is 0 Å². The number of sulfone groups is 1. The molecule has 0 aromatic heterocycles. The number of nitrogens with one attached hydrogen (secondary N) is 1. The van der Waals surface area contributed by atoms with Gasteiger partial charge in [0, 0.05) is 19.4 Å². The molecule has 0 aromatic rings. The van der Waals surface area contributed by atoms with Crippen LogP contribution in [0.2, 0.25) is 0 Å². The summed E-state index contributed by atoms with van der Waals surface area (Å²) >= 11 is 0. The predicted molar refractivity (Wildman–Crippen MR) is 56.2 cm³/mol. The summed E-state index contributed by atoms with van der Waals surface area (Å²) in [5.74, 6) is 0.229. The Kier molecular flexibility index (Phi) is 4.84. The van der Waals surface area contributed by atoms with Gasteiger partial charge < -0.3 is 10.1 Å². The van der Waals surface area contributed by atoms with E-state index in [2.05, 4.69) is 5.32 Å². The topological polar surface area (TPSA) is 55.4 Å². The normalized spacial score (nSPS) is 23.6. The monoisotopic (exact) mass is 221 g/mol. The van der Waals surface area contributed by atoms with E-state index in [-0.39, 0.29) is 11.9 Å². The maximum Gasteiger partial charge on any atom is 0.147 e. The zero-order valence-electron chi connectivity index (χ0n) is 8.66. The molecular formula is C9H19NO3S. The lowest BCUT2D eigenvalue weighted by molar-refractivity contribution is 0.0378. The summed E-state index contributed by atoms with van der Waals surface area (Å²) in [6, 6.07) is 0. The lowest BCUT2D eigenvalue weighted by Gasteiger charge is -2.22. The van der Waals surface area contributed by atoms with Crippen LogP contribution in [0.1, 0.15) is 19.3 Å². The molecule has 84 valence electrons. The van der Waals surface area contributed by atoms with Gasteiger partial charge in [-0.3, -0.25) is 0 Å². The summed E-state index contributed by atoms with van der Waals surface area (Å²) in [4.78, 5) is 0. The standard InChI is InChI=1S/C9H19NO3S/c1-14(11,12)7-3-6-13-9-4-2-5-10-8-9/h9-10H,2-8H2,1H3. The van der Waals surface area contributed by atoms with Crippen LogP contribution in [0.25, 0.3) is 0 Å². The highest BCUT2D eigenvalue weighted by atomic mass is 32.2. The molecule has 1 aliphatic heterocycles. The van der Waals surface area contributed by atoms with Gasteiger partial charge in [-0.2, -0.15) is 0 Å². The predicted octanol–water partition coefficient (Wildman–Crippen LogP) is 0.190. The molecule has 1 fully saturated rings. The van der Waals surface area contributed by atoms with Gasteiger partial charge in [0.05, 0.1) is 11.9 Å². The number of hydrogen-bond donors (Lipinski definition) is 1. The minimum atomic E-state index is -2.82. The van der Waals surface area contributed by atoms with Gasteiger partial charge in [-0.05, 0) is 25.8 Å². The van der Waals surface area contributed by atoms with E-state index in [1.54, 1.807) is 0 Å². The van der Waals surface area contributed by atoms with Crippen LogP contribution in [0.4, 0.5) is 0 Å². The molecule has 4 nitrogen and oxygen atoms in total. The Balaban J connectivity index is 2.03. The molecule has 0 spiro atoms. The third kappa shape index (κ3) is 5.57. The van der Waals surface area contributed by atoms with E-state index in [1.807, 2.05) is 0 Å². The van der Waals surface area contributed by atoms with Gasteiger partial charge in [-0.1, -0.05) is 0 Å². The second-order valence-electron chi connectivity index (χ2n) is 3.82. The van der Waals surface area contributed by atoms with E-state index >= 15 is 0 Å². The summed E-state index contributed by atoms with van der Waals surface area (Å²) in [5.41, 5.74) is 0. The molecule has 1 unspecified atom stereocenters. The number of rotatable bonds is 5. The number of piperidine rings is 1. The first-order chi connectivity index (χ1) is 6.58. The second-order valence-corrected chi connectivity index (χ2v) is 6.08. The highest BCUT2D eigenvalue weighted by molar-refractivity contribution is 7.90. The first kappa shape index (κ1) is 11.9. The fraction of sp³-hybridized carbons (Fsp3) is 1.00. The van der Waals surface area contributed by atoms with Crippen LogP contribution in [0.3, 0.4) is 0 Å². The molecule has 0 amide bonds. The van der Waals surface area contributed by atoms with E-state index in [0.717, 1.165) is 25.9 Å². The second kappa shape index (κ2) is 5.68. The van der Waals surface area contributed by atoms with Crippen LogP contribution in [0.15, 0.2) is 0 Å². The van der Waals surface area contributed by atoms with Crippen molar-refractivity contribution in [1.82, 2.24) is 5.32 Å². The molecule has 1 rings (SSSR count). The first-order valence-corrected chi connectivity index (χ1v) is 7.14. The van der Waals surface area contributed by atoms with Crippen LogP contribution in [0, 0.1) is 0 Å². The van der Waals surface area contributed by atoms with Gasteiger partial charge in [0.1, 0.15) is 9.84 Å². The smallest absolute Gasteiger partial charge is 0.147 e. The molecule has 0 aliphatic carbocycles. The van der Waals surface area contributed by atoms with Gasteiger partial charge in [0.25, 0.3) is 0 Å². The zero-order chi connectivity index (χ0) is 10.4. The van der Waals surface area contributed by atoms with Crippen LogP contribution < -0.4 is 5.32 Å². The van der Waals surface area contributed by atoms with Crippen molar-refractivity contribution >= 4 is 9.84 Å². The van der Waals surface area contributed by atoms with Gasteiger partial charge in [-0.15, -0.1) is 0 Å². The van der Waals surface area contributed by atoms with Crippen LogP contribution in [-0.2, 0) is 14.6 Å². The molecule has 14 heavy (non-hydrogen) atoms. The molecule has 0 radical (unpaired) electrons. The minimum absolute atomic E-state index is 0.229. The van der Waals surface area contributed by atoms with E-state index in [4.69, 9.17) is 4.74 Å². The maximum atomic E-state index is 10.8. The quantitative estimate of drug-likeness (QED) is 0.673. The molecule has 1 aliphatic rings. The fourth-order valence-corrected chi connectivity index (χ4v) is 2.18. The average molecular weight is 221 g/mol. The molecule has 1 atom stereocenters. The SMILES string of the molecule is CS(=O)(=O)CCCOC1CCCNC1. The van der Waals surface area contributed by atoms with Crippen molar-refractivity contribution in [3.05, 3.63) is 0 Å². The number of ether oxygens (including phenoxy) is 1. The Morgan fingerprint density at radius 2 is 2.29 bits per heavy atom. The molecule has 0 aromatic carbocycles. The van der Waals surface area contributed by atoms with E-state index in [0.29, 0.717) is 13.0 Å². The molecule has 1 saturated heterocycles. The van der Waals surface area contributed by atoms with Gasteiger partial charge in [0.15, 0.2) is 0 Å². The highest BCUT2D eigenvalue weighted by Gasteiger charge is 2.12. The van der Waals surface area contributed by atoms with Crippen molar-refractivity contribution in [3.63, 3.8) is 0 Å². The van der Waals surface area contributed by atoms with Crippen molar-refractivity contribution in [2.24, 2.45) is 0 Å². The van der Waals surface area contributed by atoms with Crippen molar-refractivity contribution in [1.29, 1.82) is 0 Å². The van der Waals surface area contributed by atoms with E-state index < -0.39 is 9.84 Å². The van der Waals surface area contributed by atoms with Crippen LogP contribution in [-0.4, -0.2) is 46.2 Å². The Morgan fingerprint density at radius 3 is 2.86 bits per heavy atom. The molecular weight excluding hydrogens is 202 g/mol. The summed E-state index contributed by atoms with van der Waals surface area (Å²) in [6.45, 7) is 2.53. The lowest BCUT2D eigenvalue weighted by Crippen LogP contribution is -2.35. The lowest BCUT2D eigenvalue weighted by atomic mass is 10.1. The molecule has 0 saturated carbocycles. The first-order valence-electron chi connectivity index (χ1n) is 5.08. The Bertz CT molecular complexity index is 245. The van der Waals surface area contributed by atoms with Gasteiger partial charge in [0.2, 0.25) is 0 Å². The number of hydrogen-bond acceptors (Lipinski definition) is 4. The van der Waals surface area contributed by atoms with Crippen molar-refractivity contribution in [2.45, 2.75) is 25.4 Å². The summed E-state index contributed by atoms with van der Waals surface area (Å²) in [5, 5.41) is 3.25. The summed E-state index contributed by atoms with van der Waals surface area (Å²) < 4.78 is 27.2. The Hall–Kier alpha value is -0.130. The van der Waals surface area contributed by atoms with Crippen LogP contribution in [0.5, 0.6) is 0 Å². The summed E-state index contributed by atoms with van der Waals surface area (Å²) in [7, 11) is -2.82. The molecule has 0 bridgehead atoms. The fourth-order valence-electron chi connectivity index (χ4n) is 1.53. The van der Waals surface area contributed by atoms with Crippen molar-refractivity contribution < 1.29 is 13.2 Å². The van der Waals surface area contributed by atoms with E-state index in [1.165, 1.54) is 6.26 Å². The third-order valence-corrected chi connectivity index (χ3v) is 3.29. The highest BCUT2D eigenvalue weighted by Crippen LogP contribution is 2.06. The van der Waals surface area contributed by atoms with E-state index in [9.17, 15) is 8.42 Å². The maximum absolute atomic E-state index is 10.8. The van der Waals surface area contributed by atoms with Gasteiger partial charge >= 0.3 is 0 Å². The van der Waals surface area contributed by atoms with Gasteiger partial charge in [-0.25, -0.2) is 8.42 Å². The minimum Gasteiger partial charge on any atom is -0.377 e. The molecule has 1 heterocycles. The summed E-state index contributed by atoms with van der Waals surface area (Å²) in [6.07, 6.45) is 4.39. The Labute approximate surface area is 85.9 Å². The average Bonchev–Trinajstić information content (AvgIpc) is 2.13. The third-order valence-electron chi connectivity index (χ3n) is 2.26. The Morgan fingerprint density at radius 1 is 1.50 bits per heavy atom. The van der Waals surface area contributed by atoms with Crippen molar-refractivity contribution in [3.8, 4) is 0 Å². The van der Waals surface area contributed by atoms with Crippen molar-refractivity contribution in [2.75, 3.05) is 31.7 Å². The molecule has 5 heteroatoms.